The van der Waals surface area contributed by atoms with Crippen LogP contribution in [0.25, 0.3) is 0 Å². The van der Waals surface area contributed by atoms with Gasteiger partial charge >= 0.3 is 0 Å². The molecule has 0 fully saturated rings. The van der Waals surface area contributed by atoms with Crippen molar-refractivity contribution < 1.29 is 9.94 Å². The van der Waals surface area contributed by atoms with Gasteiger partial charge in [0.25, 0.3) is 0 Å². The fraction of sp³-hybridized carbons (Fsp3) is 0.100. The van der Waals surface area contributed by atoms with E-state index < -0.39 is 0 Å². The zero-order valence-corrected chi connectivity index (χ0v) is 8.86. The van der Waals surface area contributed by atoms with E-state index in [9.17, 15) is 0 Å². The van der Waals surface area contributed by atoms with Crippen molar-refractivity contribution in [2.24, 2.45) is 5.16 Å². The monoisotopic (exact) mass is 253 g/mol. The number of halogens is 1. The molecule has 1 aromatic rings. The number of benzene rings is 1. The lowest BCUT2D eigenvalue weighted by Gasteiger charge is -2.05. The molecule has 4 heteroatoms. The summed E-state index contributed by atoms with van der Waals surface area (Å²) in [5, 5.41) is 11.4. The predicted octanol–water partition coefficient (Wildman–Crippen LogP) is 2.27. The van der Waals surface area contributed by atoms with E-state index >= 15 is 0 Å². The van der Waals surface area contributed by atoms with Crippen LogP contribution in [0.3, 0.4) is 0 Å². The van der Waals surface area contributed by atoms with Crippen LogP contribution in [-0.4, -0.2) is 18.0 Å². The second-order valence-electron chi connectivity index (χ2n) is 2.42. The van der Waals surface area contributed by atoms with Crippen molar-refractivity contribution in [1.29, 1.82) is 0 Å². The minimum absolute atomic E-state index is 0.188. The first kappa shape index (κ1) is 10.6. The highest BCUT2D eigenvalue weighted by molar-refractivity contribution is 9.10. The van der Waals surface area contributed by atoms with Crippen molar-refractivity contribution in [2.45, 2.75) is 0 Å². The zero-order chi connectivity index (χ0) is 10.4. The van der Waals surface area contributed by atoms with Crippen LogP contribution < -0.4 is 4.74 Å². The summed E-state index contributed by atoms with van der Waals surface area (Å²) in [6, 6.07) is 5.34. The Morgan fingerprint density at radius 3 is 3.07 bits per heavy atom. The Balaban J connectivity index is 2.97. The van der Waals surface area contributed by atoms with Crippen LogP contribution >= 0.6 is 15.9 Å². The second kappa shape index (κ2) is 5.30. The standard InChI is InChI=1S/C10H8BrNO2/c1-2-5-14-10-4-3-9(11)6-8(10)7-12-13/h1,3-4,6-7,13H,5H2. The predicted molar refractivity (Wildman–Crippen MR) is 57.9 cm³/mol. The number of terminal acetylenes is 1. The lowest BCUT2D eigenvalue weighted by Crippen LogP contribution is -1.97. The second-order valence-corrected chi connectivity index (χ2v) is 3.34. The summed E-state index contributed by atoms with van der Waals surface area (Å²) < 4.78 is 6.11. The minimum Gasteiger partial charge on any atom is -0.480 e. The Labute approximate surface area is 90.5 Å². The zero-order valence-electron chi connectivity index (χ0n) is 7.27. The maximum atomic E-state index is 8.42. The Morgan fingerprint density at radius 2 is 2.43 bits per heavy atom. The number of oxime groups is 1. The smallest absolute Gasteiger partial charge is 0.148 e. The third-order valence-electron chi connectivity index (χ3n) is 1.48. The van der Waals surface area contributed by atoms with Crippen LogP contribution in [0.5, 0.6) is 5.75 Å². The van der Waals surface area contributed by atoms with Gasteiger partial charge in [-0.1, -0.05) is 27.0 Å². The van der Waals surface area contributed by atoms with E-state index in [1.807, 2.05) is 6.07 Å². The summed E-state index contributed by atoms with van der Waals surface area (Å²) in [6.07, 6.45) is 6.35. The summed E-state index contributed by atoms with van der Waals surface area (Å²) >= 11 is 3.30. The van der Waals surface area contributed by atoms with Gasteiger partial charge in [-0.05, 0) is 18.2 Å². The molecular formula is C10H8BrNO2. The molecule has 0 aromatic heterocycles. The molecule has 3 nitrogen and oxygen atoms in total. The molecule has 1 rings (SSSR count). The van der Waals surface area contributed by atoms with E-state index in [1.54, 1.807) is 12.1 Å². The average molecular weight is 254 g/mol. The minimum atomic E-state index is 0.188. The van der Waals surface area contributed by atoms with Crippen LogP contribution in [0.2, 0.25) is 0 Å². The van der Waals surface area contributed by atoms with E-state index in [1.165, 1.54) is 6.21 Å². The molecule has 14 heavy (non-hydrogen) atoms. The fourth-order valence-corrected chi connectivity index (χ4v) is 1.31. The number of ether oxygens (including phenoxy) is 1. The molecule has 0 aliphatic carbocycles. The molecule has 1 N–H and O–H groups in total. The first-order valence-electron chi connectivity index (χ1n) is 3.81. The molecule has 0 unspecified atom stereocenters. The summed E-state index contributed by atoms with van der Waals surface area (Å²) in [7, 11) is 0. The molecule has 0 aliphatic rings. The molecule has 0 amide bonds. The van der Waals surface area contributed by atoms with Gasteiger partial charge in [0, 0.05) is 10.0 Å². The van der Waals surface area contributed by atoms with Crippen molar-refractivity contribution in [3.8, 4) is 18.1 Å². The quantitative estimate of drug-likeness (QED) is 0.389. The molecule has 0 bridgehead atoms. The normalized spacial score (nSPS) is 10.0. The molecule has 0 saturated carbocycles. The van der Waals surface area contributed by atoms with Crippen molar-refractivity contribution >= 4 is 22.1 Å². The van der Waals surface area contributed by atoms with Crippen LogP contribution in [0.15, 0.2) is 27.8 Å². The first-order valence-corrected chi connectivity index (χ1v) is 4.60. The molecule has 0 heterocycles. The van der Waals surface area contributed by atoms with Gasteiger partial charge in [0.05, 0.1) is 6.21 Å². The Hall–Kier alpha value is -1.47. The van der Waals surface area contributed by atoms with Gasteiger partial charge in [0.2, 0.25) is 0 Å². The highest BCUT2D eigenvalue weighted by Crippen LogP contribution is 2.21. The van der Waals surface area contributed by atoms with E-state index in [-0.39, 0.29) is 6.61 Å². The van der Waals surface area contributed by atoms with Gasteiger partial charge in [-0.15, -0.1) is 6.42 Å². The first-order chi connectivity index (χ1) is 6.77. The molecule has 0 spiro atoms. The van der Waals surface area contributed by atoms with Gasteiger partial charge in [0.1, 0.15) is 12.4 Å². The summed E-state index contributed by atoms with van der Waals surface area (Å²) in [6.45, 7) is 0.188. The van der Waals surface area contributed by atoms with E-state index in [4.69, 9.17) is 16.4 Å². The Morgan fingerprint density at radius 1 is 1.64 bits per heavy atom. The van der Waals surface area contributed by atoms with Crippen molar-refractivity contribution in [3.05, 3.63) is 28.2 Å². The molecule has 0 saturated heterocycles. The summed E-state index contributed by atoms with van der Waals surface area (Å²) in [5.41, 5.74) is 0.664. The number of hydrogen-bond acceptors (Lipinski definition) is 3. The number of nitrogens with zero attached hydrogens (tertiary/aromatic N) is 1. The third kappa shape index (κ3) is 2.79. The molecule has 0 aliphatic heterocycles. The van der Waals surface area contributed by atoms with Crippen molar-refractivity contribution in [3.63, 3.8) is 0 Å². The summed E-state index contributed by atoms with van der Waals surface area (Å²) in [4.78, 5) is 0. The van der Waals surface area contributed by atoms with Gasteiger partial charge in [-0.3, -0.25) is 0 Å². The molecule has 0 atom stereocenters. The summed E-state index contributed by atoms with van der Waals surface area (Å²) in [5.74, 6) is 2.95. The van der Waals surface area contributed by atoms with Crippen molar-refractivity contribution in [2.75, 3.05) is 6.61 Å². The van der Waals surface area contributed by atoms with Crippen LogP contribution in [0, 0.1) is 12.3 Å². The van der Waals surface area contributed by atoms with Gasteiger partial charge in [-0.2, -0.15) is 0 Å². The van der Waals surface area contributed by atoms with Crippen LogP contribution in [0.4, 0.5) is 0 Å². The van der Waals surface area contributed by atoms with Crippen LogP contribution in [-0.2, 0) is 0 Å². The lowest BCUT2D eigenvalue weighted by atomic mass is 10.2. The van der Waals surface area contributed by atoms with E-state index in [0.717, 1.165) is 4.47 Å². The topological polar surface area (TPSA) is 41.8 Å². The molecule has 0 radical (unpaired) electrons. The van der Waals surface area contributed by atoms with Gasteiger partial charge in [0.15, 0.2) is 0 Å². The highest BCUT2D eigenvalue weighted by atomic mass is 79.9. The molecule has 72 valence electrons. The van der Waals surface area contributed by atoms with E-state index in [2.05, 4.69) is 27.0 Å². The number of hydrogen-bond donors (Lipinski definition) is 1. The Kier molecular flexibility index (Phi) is 4.02. The third-order valence-corrected chi connectivity index (χ3v) is 1.97. The van der Waals surface area contributed by atoms with Gasteiger partial charge < -0.3 is 9.94 Å². The largest absolute Gasteiger partial charge is 0.480 e. The van der Waals surface area contributed by atoms with Gasteiger partial charge in [-0.25, -0.2) is 0 Å². The van der Waals surface area contributed by atoms with Crippen molar-refractivity contribution in [1.82, 2.24) is 0 Å². The SMILES string of the molecule is C#CCOc1ccc(Br)cc1C=NO. The molecular weight excluding hydrogens is 246 g/mol. The lowest BCUT2D eigenvalue weighted by molar-refractivity contribution is 0.321. The maximum absolute atomic E-state index is 8.42. The number of rotatable bonds is 3. The maximum Gasteiger partial charge on any atom is 0.148 e. The van der Waals surface area contributed by atoms with Crippen LogP contribution in [0.1, 0.15) is 5.56 Å². The van der Waals surface area contributed by atoms with E-state index in [0.29, 0.717) is 11.3 Å². The average Bonchev–Trinajstić information content (AvgIpc) is 2.17. The fourth-order valence-electron chi connectivity index (χ4n) is 0.933. The highest BCUT2D eigenvalue weighted by Gasteiger charge is 2.01. The Bertz CT molecular complexity index is 382. The molecule has 1 aromatic carbocycles.